The van der Waals surface area contributed by atoms with Gasteiger partial charge in [0, 0.05) is 18.3 Å². The van der Waals surface area contributed by atoms with Crippen molar-refractivity contribution in [1.82, 2.24) is 14.9 Å². The summed E-state index contributed by atoms with van der Waals surface area (Å²) in [6.07, 6.45) is 1.68. The largest absolute Gasteiger partial charge is 0.480 e. The van der Waals surface area contributed by atoms with Crippen molar-refractivity contribution in [3.8, 4) is 0 Å². The Morgan fingerprint density at radius 2 is 2.19 bits per heavy atom. The molecule has 1 heterocycles. The lowest BCUT2D eigenvalue weighted by Gasteiger charge is -2.18. The monoisotopic (exact) mass is 225 g/mol. The second-order valence-corrected chi connectivity index (χ2v) is 4.28. The van der Waals surface area contributed by atoms with Gasteiger partial charge in [0.2, 0.25) is 0 Å². The Morgan fingerprint density at radius 3 is 2.56 bits per heavy atom. The molecule has 0 aliphatic heterocycles. The van der Waals surface area contributed by atoms with Gasteiger partial charge in [0.05, 0.1) is 12.0 Å². The van der Waals surface area contributed by atoms with Crippen LogP contribution in [0.15, 0.2) is 6.33 Å². The number of aliphatic carboxylic acids is 1. The number of aryl methyl sites for hydroxylation is 1. The summed E-state index contributed by atoms with van der Waals surface area (Å²) in [4.78, 5) is 15.2. The molecule has 0 saturated heterocycles. The Hall–Kier alpha value is -1.36. The molecule has 1 unspecified atom stereocenters. The van der Waals surface area contributed by atoms with E-state index in [1.807, 2.05) is 32.3 Å². The molecule has 90 valence electrons. The first-order valence-corrected chi connectivity index (χ1v) is 5.39. The number of imidazole rings is 1. The van der Waals surface area contributed by atoms with Crippen LogP contribution in [-0.2, 0) is 11.3 Å². The number of nitrogens with one attached hydrogen (secondary N) is 1. The quantitative estimate of drug-likeness (QED) is 0.783. The van der Waals surface area contributed by atoms with Gasteiger partial charge in [-0.3, -0.25) is 4.79 Å². The summed E-state index contributed by atoms with van der Waals surface area (Å²) in [5, 5.41) is 12.1. The molecule has 2 N–H and O–H groups in total. The maximum atomic E-state index is 11.1. The van der Waals surface area contributed by atoms with Crippen LogP contribution in [0.25, 0.3) is 0 Å². The standard InChI is InChI=1S/C11H19N3O2/c1-7(2)13-10(11(15)16)5-14-6-12-8(3)9(14)4/h6-7,10,13H,5H2,1-4H3,(H,15,16). The topological polar surface area (TPSA) is 67.2 Å². The van der Waals surface area contributed by atoms with Crippen LogP contribution < -0.4 is 5.32 Å². The summed E-state index contributed by atoms with van der Waals surface area (Å²) < 4.78 is 1.86. The van der Waals surface area contributed by atoms with Crippen LogP contribution in [0.4, 0.5) is 0 Å². The minimum atomic E-state index is -0.834. The van der Waals surface area contributed by atoms with Crippen molar-refractivity contribution in [2.75, 3.05) is 0 Å². The highest BCUT2D eigenvalue weighted by Gasteiger charge is 2.19. The van der Waals surface area contributed by atoms with Crippen molar-refractivity contribution >= 4 is 5.97 Å². The second kappa shape index (κ2) is 5.12. The third-order valence-corrected chi connectivity index (χ3v) is 2.56. The lowest BCUT2D eigenvalue weighted by atomic mass is 10.2. The predicted molar refractivity (Wildman–Crippen MR) is 61.4 cm³/mol. The van der Waals surface area contributed by atoms with Crippen LogP contribution in [0.3, 0.4) is 0 Å². The van der Waals surface area contributed by atoms with Crippen molar-refractivity contribution in [3.63, 3.8) is 0 Å². The van der Waals surface area contributed by atoms with Crippen LogP contribution >= 0.6 is 0 Å². The first kappa shape index (κ1) is 12.7. The van der Waals surface area contributed by atoms with Gasteiger partial charge in [-0.05, 0) is 13.8 Å². The van der Waals surface area contributed by atoms with E-state index in [4.69, 9.17) is 5.11 Å². The minimum absolute atomic E-state index is 0.144. The van der Waals surface area contributed by atoms with Gasteiger partial charge in [-0.15, -0.1) is 0 Å². The molecule has 0 saturated carbocycles. The summed E-state index contributed by atoms with van der Waals surface area (Å²) >= 11 is 0. The Labute approximate surface area is 95.5 Å². The Bertz CT molecular complexity index is 371. The fourth-order valence-corrected chi connectivity index (χ4v) is 1.53. The van der Waals surface area contributed by atoms with Crippen molar-refractivity contribution in [3.05, 3.63) is 17.7 Å². The highest BCUT2D eigenvalue weighted by atomic mass is 16.4. The predicted octanol–water partition coefficient (Wildman–Crippen LogP) is 0.951. The summed E-state index contributed by atoms with van der Waals surface area (Å²) in [6.45, 7) is 8.12. The normalized spacial score (nSPS) is 13.1. The number of aromatic nitrogens is 2. The molecule has 0 fully saturated rings. The molecule has 5 nitrogen and oxygen atoms in total. The number of hydrogen-bond donors (Lipinski definition) is 2. The SMILES string of the molecule is Cc1ncn(CC(NC(C)C)C(=O)O)c1C. The summed E-state index contributed by atoms with van der Waals surface area (Å²) in [7, 11) is 0. The average molecular weight is 225 g/mol. The summed E-state index contributed by atoms with van der Waals surface area (Å²) in [6, 6.07) is -0.432. The lowest BCUT2D eigenvalue weighted by Crippen LogP contribution is -2.43. The Kier molecular flexibility index (Phi) is 4.06. The molecule has 16 heavy (non-hydrogen) atoms. The molecule has 0 amide bonds. The Morgan fingerprint density at radius 1 is 1.56 bits per heavy atom. The maximum Gasteiger partial charge on any atom is 0.322 e. The third-order valence-electron chi connectivity index (χ3n) is 2.56. The number of carboxylic acid groups (broad SMARTS) is 1. The van der Waals surface area contributed by atoms with Gasteiger partial charge in [-0.2, -0.15) is 0 Å². The number of nitrogens with zero attached hydrogens (tertiary/aromatic N) is 2. The molecule has 5 heteroatoms. The molecular weight excluding hydrogens is 206 g/mol. The maximum absolute atomic E-state index is 11.1. The van der Waals surface area contributed by atoms with Crippen molar-refractivity contribution in [1.29, 1.82) is 0 Å². The molecule has 1 atom stereocenters. The molecule has 1 aromatic heterocycles. The van der Waals surface area contributed by atoms with E-state index in [0.29, 0.717) is 6.54 Å². The van der Waals surface area contributed by atoms with Crippen LogP contribution in [0.1, 0.15) is 25.2 Å². The molecular formula is C11H19N3O2. The van der Waals surface area contributed by atoms with Crippen LogP contribution in [-0.4, -0.2) is 32.7 Å². The zero-order chi connectivity index (χ0) is 12.3. The van der Waals surface area contributed by atoms with Crippen molar-refractivity contribution < 1.29 is 9.90 Å². The number of rotatable bonds is 5. The number of hydrogen-bond acceptors (Lipinski definition) is 3. The van der Waals surface area contributed by atoms with E-state index in [2.05, 4.69) is 10.3 Å². The van der Waals surface area contributed by atoms with Gasteiger partial charge in [-0.25, -0.2) is 4.98 Å². The molecule has 0 aliphatic rings. The van der Waals surface area contributed by atoms with E-state index in [9.17, 15) is 4.79 Å². The lowest BCUT2D eigenvalue weighted by molar-refractivity contribution is -0.140. The molecule has 0 bridgehead atoms. The minimum Gasteiger partial charge on any atom is -0.480 e. The van der Waals surface area contributed by atoms with E-state index < -0.39 is 12.0 Å². The molecule has 0 aliphatic carbocycles. The third kappa shape index (κ3) is 3.06. The first-order chi connectivity index (χ1) is 7.41. The van der Waals surface area contributed by atoms with Gasteiger partial charge < -0.3 is 15.0 Å². The number of carboxylic acids is 1. The highest BCUT2D eigenvalue weighted by Crippen LogP contribution is 2.05. The molecule has 1 rings (SSSR count). The first-order valence-electron chi connectivity index (χ1n) is 5.39. The van der Waals surface area contributed by atoms with E-state index >= 15 is 0 Å². The fourth-order valence-electron chi connectivity index (χ4n) is 1.53. The van der Waals surface area contributed by atoms with Crippen molar-refractivity contribution in [2.24, 2.45) is 0 Å². The van der Waals surface area contributed by atoms with E-state index in [0.717, 1.165) is 11.4 Å². The van der Waals surface area contributed by atoms with Crippen LogP contribution in [0.2, 0.25) is 0 Å². The fraction of sp³-hybridized carbons (Fsp3) is 0.636. The summed E-state index contributed by atoms with van der Waals surface area (Å²) in [5.74, 6) is -0.834. The second-order valence-electron chi connectivity index (χ2n) is 4.28. The molecule has 0 aromatic carbocycles. The Balaban J connectivity index is 2.76. The highest BCUT2D eigenvalue weighted by molar-refractivity contribution is 5.73. The van der Waals surface area contributed by atoms with Crippen molar-refractivity contribution in [2.45, 2.75) is 46.3 Å². The van der Waals surface area contributed by atoms with Crippen LogP contribution in [0, 0.1) is 13.8 Å². The van der Waals surface area contributed by atoms with Crippen LogP contribution in [0.5, 0.6) is 0 Å². The summed E-state index contributed by atoms with van der Waals surface area (Å²) in [5.41, 5.74) is 1.95. The smallest absolute Gasteiger partial charge is 0.322 e. The molecule has 0 spiro atoms. The van der Waals surface area contributed by atoms with Gasteiger partial charge in [-0.1, -0.05) is 13.8 Å². The number of carbonyl (C=O) groups is 1. The average Bonchev–Trinajstić information content (AvgIpc) is 2.47. The zero-order valence-electron chi connectivity index (χ0n) is 10.2. The van der Waals surface area contributed by atoms with E-state index in [-0.39, 0.29) is 6.04 Å². The van der Waals surface area contributed by atoms with E-state index in [1.54, 1.807) is 6.33 Å². The molecule has 0 radical (unpaired) electrons. The van der Waals surface area contributed by atoms with E-state index in [1.165, 1.54) is 0 Å². The van der Waals surface area contributed by atoms with Gasteiger partial charge in [0.25, 0.3) is 0 Å². The van der Waals surface area contributed by atoms with Gasteiger partial charge in [0.1, 0.15) is 6.04 Å². The van der Waals surface area contributed by atoms with Gasteiger partial charge >= 0.3 is 5.97 Å². The molecule has 1 aromatic rings. The van der Waals surface area contributed by atoms with Gasteiger partial charge in [0.15, 0.2) is 0 Å². The zero-order valence-corrected chi connectivity index (χ0v) is 10.2.